The lowest BCUT2D eigenvalue weighted by atomic mass is 10.1. The zero-order valence-corrected chi connectivity index (χ0v) is 12.8. The molecule has 1 N–H and O–H groups in total. The van der Waals surface area contributed by atoms with Crippen LogP contribution in [0, 0.1) is 5.82 Å². The molecule has 0 aliphatic rings. The molecule has 24 heavy (non-hydrogen) atoms. The minimum absolute atomic E-state index is 0.0397. The van der Waals surface area contributed by atoms with E-state index in [1.165, 1.54) is 18.2 Å². The van der Waals surface area contributed by atoms with Crippen LogP contribution in [0.3, 0.4) is 0 Å². The van der Waals surface area contributed by atoms with Crippen molar-refractivity contribution in [1.82, 2.24) is 10.2 Å². The Kier molecular flexibility index (Phi) is 4.51. The largest absolute Gasteiger partial charge is 0.497 e. The fourth-order valence-corrected chi connectivity index (χ4v) is 2.14. The average Bonchev–Trinajstić information content (AvgIpc) is 3.03. The van der Waals surface area contributed by atoms with Crippen LogP contribution >= 0.6 is 0 Å². The second-order valence-corrected chi connectivity index (χ2v) is 5.00. The van der Waals surface area contributed by atoms with Gasteiger partial charge in [0.1, 0.15) is 11.6 Å². The maximum Gasteiger partial charge on any atom is 0.322 e. The van der Waals surface area contributed by atoms with E-state index in [-0.39, 0.29) is 24.2 Å². The first-order valence-corrected chi connectivity index (χ1v) is 7.16. The van der Waals surface area contributed by atoms with Crippen molar-refractivity contribution in [1.29, 1.82) is 0 Å². The molecular formula is C17H14FN3O3. The minimum Gasteiger partial charge on any atom is -0.497 e. The number of halogens is 1. The van der Waals surface area contributed by atoms with Crippen molar-refractivity contribution in [3.8, 4) is 17.2 Å². The monoisotopic (exact) mass is 327 g/mol. The Morgan fingerprint density at radius 3 is 2.83 bits per heavy atom. The third-order valence-corrected chi connectivity index (χ3v) is 3.24. The van der Waals surface area contributed by atoms with Gasteiger partial charge in [0.15, 0.2) is 0 Å². The molecule has 3 aromatic rings. The normalized spacial score (nSPS) is 10.4. The summed E-state index contributed by atoms with van der Waals surface area (Å²) < 4.78 is 23.6. The predicted octanol–water partition coefficient (Wildman–Crippen LogP) is 3.07. The Labute approximate surface area is 137 Å². The van der Waals surface area contributed by atoms with Crippen molar-refractivity contribution in [2.75, 3.05) is 12.4 Å². The number of amides is 1. The van der Waals surface area contributed by atoms with E-state index < -0.39 is 5.82 Å². The SMILES string of the molecule is COc1cccc(CC(=O)Nc2nnc(-c3cccc(F)c3)o2)c1. The summed E-state index contributed by atoms with van der Waals surface area (Å²) in [5, 5.41) is 10.1. The molecule has 0 unspecified atom stereocenters. The van der Waals surface area contributed by atoms with E-state index in [2.05, 4.69) is 15.5 Å². The summed E-state index contributed by atoms with van der Waals surface area (Å²) in [7, 11) is 1.56. The van der Waals surface area contributed by atoms with Gasteiger partial charge in [0, 0.05) is 5.56 Å². The quantitative estimate of drug-likeness (QED) is 0.779. The van der Waals surface area contributed by atoms with Crippen molar-refractivity contribution in [2.45, 2.75) is 6.42 Å². The number of hydrogen-bond donors (Lipinski definition) is 1. The van der Waals surface area contributed by atoms with E-state index >= 15 is 0 Å². The summed E-state index contributed by atoms with van der Waals surface area (Å²) in [5.41, 5.74) is 1.23. The molecule has 1 amide bonds. The second kappa shape index (κ2) is 6.91. The van der Waals surface area contributed by atoms with Gasteiger partial charge in [-0.05, 0) is 35.9 Å². The van der Waals surface area contributed by atoms with E-state index in [4.69, 9.17) is 9.15 Å². The average molecular weight is 327 g/mol. The highest BCUT2D eigenvalue weighted by molar-refractivity contribution is 5.90. The highest BCUT2D eigenvalue weighted by Crippen LogP contribution is 2.20. The molecule has 0 atom stereocenters. The number of anilines is 1. The van der Waals surface area contributed by atoms with Crippen LogP contribution in [0.5, 0.6) is 5.75 Å². The summed E-state index contributed by atoms with van der Waals surface area (Å²) in [4.78, 5) is 12.0. The van der Waals surface area contributed by atoms with Crippen LogP contribution in [0.2, 0.25) is 0 Å². The van der Waals surface area contributed by atoms with Crippen LogP contribution in [-0.2, 0) is 11.2 Å². The van der Waals surface area contributed by atoms with Gasteiger partial charge < -0.3 is 9.15 Å². The number of methoxy groups -OCH3 is 1. The molecule has 0 aliphatic heterocycles. The fourth-order valence-electron chi connectivity index (χ4n) is 2.14. The van der Waals surface area contributed by atoms with Crippen molar-refractivity contribution in [2.24, 2.45) is 0 Å². The Balaban J connectivity index is 1.67. The molecule has 7 heteroatoms. The lowest BCUT2D eigenvalue weighted by Gasteiger charge is -2.04. The Hall–Kier alpha value is -3.22. The molecule has 122 valence electrons. The lowest BCUT2D eigenvalue weighted by Crippen LogP contribution is -2.14. The van der Waals surface area contributed by atoms with Gasteiger partial charge in [-0.25, -0.2) is 4.39 Å². The van der Waals surface area contributed by atoms with E-state index in [0.29, 0.717) is 11.3 Å². The molecule has 0 aliphatic carbocycles. The highest BCUT2D eigenvalue weighted by Gasteiger charge is 2.12. The van der Waals surface area contributed by atoms with E-state index in [1.54, 1.807) is 31.4 Å². The number of carbonyl (C=O) groups is 1. The van der Waals surface area contributed by atoms with E-state index in [0.717, 1.165) is 5.56 Å². The molecule has 0 bridgehead atoms. The number of rotatable bonds is 5. The first kappa shape index (κ1) is 15.7. The molecule has 1 heterocycles. The number of benzene rings is 2. The van der Waals surface area contributed by atoms with Crippen LogP contribution in [0.4, 0.5) is 10.4 Å². The first-order chi connectivity index (χ1) is 11.6. The van der Waals surface area contributed by atoms with Crippen LogP contribution < -0.4 is 10.1 Å². The van der Waals surface area contributed by atoms with Crippen LogP contribution in [0.1, 0.15) is 5.56 Å². The summed E-state index contributed by atoms with van der Waals surface area (Å²) in [6.45, 7) is 0. The molecule has 3 rings (SSSR count). The molecule has 0 spiro atoms. The number of hydrogen-bond acceptors (Lipinski definition) is 5. The second-order valence-electron chi connectivity index (χ2n) is 5.00. The van der Waals surface area contributed by atoms with Gasteiger partial charge in [-0.3, -0.25) is 10.1 Å². The van der Waals surface area contributed by atoms with Crippen LogP contribution in [0.15, 0.2) is 52.9 Å². The molecule has 0 saturated carbocycles. The predicted molar refractivity (Wildman–Crippen MR) is 85.0 cm³/mol. The van der Waals surface area contributed by atoms with Crippen LogP contribution in [-0.4, -0.2) is 23.2 Å². The fraction of sp³-hybridized carbons (Fsp3) is 0.118. The van der Waals surface area contributed by atoms with Gasteiger partial charge >= 0.3 is 6.01 Å². The number of aromatic nitrogens is 2. The van der Waals surface area contributed by atoms with Crippen molar-refractivity contribution in [3.05, 3.63) is 59.9 Å². The highest BCUT2D eigenvalue weighted by atomic mass is 19.1. The van der Waals surface area contributed by atoms with Crippen molar-refractivity contribution in [3.63, 3.8) is 0 Å². The summed E-state index contributed by atoms with van der Waals surface area (Å²) >= 11 is 0. The Morgan fingerprint density at radius 2 is 2.04 bits per heavy atom. The molecular weight excluding hydrogens is 313 g/mol. The van der Waals surface area contributed by atoms with Gasteiger partial charge in [-0.1, -0.05) is 23.3 Å². The van der Waals surface area contributed by atoms with Gasteiger partial charge in [-0.15, -0.1) is 5.10 Å². The minimum atomic E-state index is -0.408. The summed E-state index contributed by atoms with van der Waals surface area (Å²) in [5.74, 6) is 0.0877. The third kappa shape index (κ3) is 3.75. The standard InChI is InChI=1S/C17H14FN3O3/c1-23-14-7-2-4-11(8-14)9-15(22)19-17-21-20-16(24-17)12-5-3-6-13(18)10-12/h2-8,10H,9H2,1H3,(H,19,21,22). The zero-order chi connectivity index (χ0) is 16.9. The Morgan fingerprint density at radius 1 is 1.21 bits per heavy atom. The number of nitrogens with one attached hydrogen (secondary N) is 1. The van der Waals surface area contributed by atoms with Crippen LogP contribution in [0.25, 0.3) is 11.5 Å². The molecule has 2 aromatic carbocycles. The van der Waals surface area contributed by atoms with Gasteiger partial charge in [0.05, 0.1) is 13.5 Å². The summed E-state index contributed by atoms with van der Waals surface area (Å²) in [6.07, 6.45) is 0.134. The molecule has 0 fully saturated rings. The zero-order valence-electron chi connectivity index (χ0n) is 12.8. The summed E-state index contributed by atoms with van der Waals surface area (Å²) in [6, 6.07) is 12.9. The first-order valence-electron chi connectivity index (χ1n) is 7.16. The molecule has 0 radical (unpaired) electrons. The smallest absolute Gasteiger partial charge is 0.322 e. The molecule has 1 aromatic heterocycles. The Bertz CT molecular complexity index is 864. The topological polar surface area (TPSA) is 77.2 Å². The van der Waals surface area contributed by atoms with Gasteiger partial charge in [0.2, 0.25) is 11.8 Å². The van der Waals surface area contributed by atoms with Gasteiger partial charge in [0.25, 0.3) is 0 Å². The molecule has 0 saturated heterocycles. The van der Waals surface area contributed by atoms with E-state index in [9.17, 15) is 9.18 Å². The third-order valence-electron chi connectivity index (χ3n) is 3.24. The van der Waals surface area contributed by atoms with Crippen molar-refractivity contribution >= 4 is 11.9 Å². The number of nitrogens with zero attached hydrogens (tertiary/aromatic N) is 2. The van der Waals surface area contributed by atoms with Gasteiger partial charge in [-0.2, -0.15) is 0 Å². The number of carbonyl (C=O) groups excluding carboxylic acids is 1. The molecule has 6 nitrogen and oxygen atoms in total. The van der Waals surface area contributed by atoms with Crippen molar-refractivity contribution < 1.29 is 18.3 Å². The maximum absolute atomic E-state index is 13.2. The van der Waals surface area contributed by atoms with E-state index in [1.807, 2.05) is 6.07 Å². The number of ether oxygens (including phenoxy) is 1. The lowest BCUT2D eigenvalue weighted by molar-refractivity contribution is -0.115. The maximum atomic E-state index is 13.2.